The second kappa shape index (κ2) is 23.7. The van der Waals surface area contributed by atoms with Crippen molar-refractivity contribution in [3.05, 3.63) is 0 Å². The van der Waals surface area contributed by atoms with Gasteiger partial charge in [0.25, 0.3) is 0 Å². The van der Waals surface area contributed by atoms with Gasteiger partial charge in [0.2, 0.25) is 0 Å². The molecule has 0 saturated carbocycles. The molecule has 0 fully saturated rings. The number of nitriles is 2. The highest BCUT2D eigenvalue weighted by Gasteiger charge is 1.39. The summed E-state index contributed by atoms with van der Waals surface area (Å²) in [6.07, 6.45) is 0. The summed E-state index contributed by atoms with van der Waals surface area (Å²) in [6, 6.07) is 2.47. The third kappa shape index (κ3) is 74.4. The van der Waals surface area contributed by atoms with E-state index in [1.54, 1.807) is 0 Å². The van der Waals surface area contributed by atoms with E-state index in [0.29, 0.717) is 0 Å². The maximum Gasteiger partial charge on any atom is 0.181 e. The molecule has 0 aromatic rings. The largest absolute Gasteiger partial charge is 1.00 e. The summed E-state index contributed by atoms with van der Waals surface area (Å²) in [5.41, 5.74) is 0. The van der Waals surface area contributed by atoms with Crippen LogP contribution in [0, 0.1) is 35.1 Å². The quantitative estimate of drug-likeness (QED) is 0.337. The Balaban J connectivity index is -0.0000000450. The minimum Gasteiger partial charge on any atom is -1.00 e. The Morgan fingerprint density at radius 3 is 1.17 bits per heavy atom. The number of hydrogen-bond acceptors (Lipinski definition) is 2. The summed E-state index contributed by atoms with van der Waals surface area (Å²) in [4.78, 5) is 0. The molecule has 0 aliphatic rings. The highest BCUT2D eigenvalue weighted by Crippen LogP contribution is 1.27. The average Bonchev–Trinajstić information content (AvgIpc) is 1.37. The number of hydrogen-bond donors (Lipinski definition) is 0. The molecule has 0 unspecified atom stereocenters. The molecule has 0 bridgehead atoms. The Kier molecular flexibility index (Phi) is 69.8. The molecule has 0 aliphatic carbocycles. The molecular weight excluding hydrogens is 123 g/mol. The third-order valence-corrected chi connectivity index (χ3v) is 0.0500. The fourth-order valence-electron chi connectivity index (χ4n) is 0. The number of rotatable bonds is 0. The van der Waals surface area contributed by atoms with Crippen LogP contribution in [0.3, 0.4) is 0 Å². The first kappa shape index (κ1) is 17.6. The van der Waals surface area contributed by atoms with Gasteiger partial charge in [-0.25, -0.2) is 0 Å². The van der Waals surface area contributed by atoms with E-state index in [9.17, 15) is 0 Å². The van der Waals surface area contributed by atoms with Crippen LogP contribution >= 0.6 is 0 Å². The number of nitrogens with zero attached hydrogens (tertiary/aromatic N) is 2. The van der Waals surface area contributed by atoms with Gasteiger partial charge in [-0.05, 0) is 0 Å². The van der Waals surface area contributed by atoms with Crippen LogP contribution in [0.25, 0.3) is 0 Å². The van der Waals surface area contributed by atoms with Crippen LogP contribution < -0.4 is 12.4 Å². The lowest BCUT2D eigenvalue weighted by Crippen LogP contribution is -3.00. The van der Waals surface area contributed by atoms with Crippen molar-refractivity contribution in [2.24, 2.45) is 0 Å². The van der Waals surface area contributed by atoms with Gasteiger partial charge in [0.15, 0.2) is 12.1 Å². The Morgan fingerprint density at radius 1 is 1.00 bits per heavy atom. The molecule has 0 saturated heterocycles. The molecule has 0 aromatic heterocycles. The van der Waals surface area contributed by atoms with Crippen molar-refractivity contribution < 1.29 is 24.8 Å². The summed E-state index contributed by atoms with van der Waals surface area (Å²) in [6.45, 7) is 0. The maximum absolute atomic E-state index is 7.26. The van der Waals surface area contributed by atoms with Crippen molar-refractivity contribution in [1.82, 2.24) is 0 Å². The van der Waals surface area contributed by atoms with Crippen molar-refractivity contribution in [2.45, 2.75) is 0 Å². The van der Waals surface area contributed by atoms with E-state index >= 15 is 0 Å². The molecule has 0 rings (SSSR count). The molecule has 0 amide bonds. The molecule has 0 N–H and O–H groups in total. The van der Waals surface area contributed by atoms with Gasteiger partial charge in [-0.1, -0.05) is 0 Å². The molecule has 0 aromatic carbocycles. The van der Waals surface area contributed by atoms with Gasteiger partial charge >= 0.3 is 0 Å². The molecule has 2 nitrogen and oxygen atoms in total. The zero-order valence-corrected chi connectivity index (χ0v) is 4.37. The van der Waals surface area contributed by atoms with E-state index in [1.165, 1.54) is 12.1 Å². The van der Waals surface area contributed by atoms with Crippen LogP contribution in [0.2, 0.25) is 0 Å². The van der Waals surface area contributed by atoms with Gasteiger partial charge in [0, 0.05) is 0 Å². The first-order valence-electron chi connectivity index (χ1n) is 0.697. The third-order valence-electron chi connectivity index (χ3n) is 0.0500. The normalized spacial score (nSPS) is 1.67. The lowest BCUT2D eigenvalue weighted by Gasteiger charge is -1.16. The maximum atomic E-state index is 7.26. The molecule has 4 heteroatoms. The first-order chi connectivity index (χ1) is 1.91. The van der Waals surface area contributed by atoms with Crippen LogP contribution in [-0.4, -0.2) is 0 Å². The fraction of sp³-hybridized carbons (Fsp3) is 0. The predicted molar refractivity (Wildman–Crippen MR) is 14.0 cm³/mol. The Bertz CT molecular complexity index is 64.5. The molecule has 0 atom stereocenters. The zero-order chi connectivity index (χ0) is 3.41. The van der Waals surface area contributed by atoms with Gasteiger partial charge in [0.05, 0.1) is 12.4 Å². The minimum absolute atomic E-state index is 0. The van der Waals surface area contributed by atoms with E-state index in [0.717, 1.165) is 0 Å². The fourth-order valence-corrected chi connectivity index (χ4v) is 0. The van der Waals surface area contributed by atoms with E-state index in [4.69, 9.17) is 10.5 Å². The SMILES string of the molecule is N#CC#N.[Cl-].[ClH2+]. The lowest BCUT2D eigenvalue weighted by molar-refractivity contribution is -0.00100. The van der Waals surface area contributed by atoms with Gasteiger partial charge in [-0.3, -0.25) is 0 Å². The smallest absolute Gasteiger partial charge is 0.181 e. The summed E-state index contributed by atoms with van der Waals surface area (Å²) < 4.78 is 0. The average molecular weight is 125 g/mol. The molecule has 0 aliphatic heterocycles. The van der Waals surface area contributed by atoms with Gasteiger partial charge in [-0.2, -0.15) is 10.5 Å². The van der Waals surface area contributed by atoms with Crippen molar-refractivity contribution in [3.63, 3.8) is 0 Å². The standard InChI is InChI=1S/C2N2.ClH2.ClH/c3-1-2-4;;/h;1H2;1H/q;+1;/p-1. The van der Waals surface area contributed by atoms with Crippen LogP contribution in [0.4, 0.5) is 0 Å². The van der Waals surface area contributed by atoms with E-state index in [1.807, 2.05) is 0 Å². The van der Waals surface area contributed by atoms with Crippen LogP contribution in [-0.2, 0) is 0 Å². The Hall–Kier alpha value is -0.440. The highest BCUT2D eigenvalue weighted by molar-refractivity contribution is 4.99. The molecule has 0 radical (unpaired) electrons. The molecule has 0 heterocycles. The topological polar surface area (TPSA) is 47.6 Å². The second-order valence-electron chi connectivity index (χ2n) is 0.224. The Morgan fingerprint density at radius 2 is 1.17 bits per heavy atom. The lowest BCUT2D eigenvalue weighted by atomic mass is 10.9. The highest BCUT2D eigenvalue weighted by atomic mass is 35.5. The second-order valence-corrected chi connectivity index (χ2v) is 0.224. The van der Waals surface area contributed by atoms with E-state index < -0.39 is 0 Å². The van der Waals surface area contributed by atoms with E-state index in [-0.39, 0.29) is 24.8 Å². The van der Waals surface area contributed by atoms with Gasteiger partial charge in [-0.15, -0.1) is 0 Å². The minimum atomic E-state index is 0. The summed E-state index contributed by atoms with van der Waals surface area (Å²) >= 11 is 0. The summed E-state index contributed by atoms with van der Waals surface area (Å²) in [7, 11) is 0. The van der Waals surface area contributed by atoms with Crippen LogP contribution in [0.1, 0.15) is 0 Å². The number of halogens is 2. The predicted octanol–water partition coefficient (Wildman–Crippen LogP) is -3.50. The van der Waals surface area contributed by atoms with Gasteiger partial charge in [0.1, 0.15) is 0 Å². The molecule has 0 spiro atoms. The molecule has 34 valence electrons. The first-order valence-corrected chi connectivity index (χ1v) is 0.697. The Labute approximate surface area is 48.2 Å². The van der Waals surface area contributed by atoms with Crippen molar-refractivity contribution >= 4 is 0 Å². The van der Waals surface area contributed by atoms with Crippen molar-refractivity contribution in [1.29, 1.82) is 10.5 Å². The molecular formula is C2H2Cl2N2. The van der Waals surface area contributed by atoms with Crippen LogP contribution in [0.5, 0.6) is 0 Å². The van der Waals surface area contributed by atoms with Gasteiger partial charge < -0.3 is 12.4 Å². The zero-order valence-electron chi connectivity index (χ0n) is 2.72. The monoisotopic (exact) mass is 124 g/mol. The van der Waals surface area contributed by atoms with Crippen molar-refractivity contribution in [2.75, 3.05) is 0 Å². The summed E-state index contributed by atoms with van der Waals surface area (Å²) in [5.74, 6) is 0. The van der Waals surface area contributed by atoms with Crippen LogP contribution in [0.15, 0.2) is 0 Å². The molecule has 6 heavy (non-hydrogen) atoms. The van der Waals surface area contributed by atoms with E-state index in [2.05, 4.69) is 0 Å². The summed E-state index contributed by atoms with van der Waals surface area (Å²) in [5, 5.41) is 14.5. The van der Waals surface area contributed by atoms with Crippen molar-refractivity contribution in [3.8, 4) is 12.1 Å².